The number of rotatable bonds is 5. The van der Waals surface area contributed by atoms with Crippen molar-refractivity contribution in [1.82, 2.24) is 5.43 Å². The molecule has 0 aromatic heterocycles. The summed E-state index contributed by atoms with van der Waals surface area (Å²) in [6, 6.07) is 8.98. The highest BCUT2D eigenvalue weighted by molar-refractivity contribution is 9.13. The molecule has 1 aliphatic rings. The van der Waals surface area contributed by atoms with E-state index < -0.39 is 11.8 Å². The van der Waals surface area contributed by atoms with Gasteiger partial charge in [-0.3, -0.25) is 15.0 Å². The van der Waals surface area contributed by atoms with E-state index in [1.165, 1.54) is 11.1 Å². The predicted octanol–water partition coefficient (Wildman–Crippen LogP) is 4.34. The van der Waals surface area contributed by atoms with Crippen molar-refractivity contribution in [2.45, 2.75) is 20.3 Å². The van der Waals surface area contributed by atoms with E-state index >= 15 is 0 Å². The molecule has 0 bridgehead atoms. The van der Waals surface area contributed by atoms with Crippen LogP contribution in [0.25, 0.3) is 6.08 Å². The quantitative estimate of drug-likeness (QED) is 0.464. The molecule has 0 unspecified atom stereocenters. The lowest BCUT2D eigenvalue weighted by Crippen LogP contribution is -2.35. The number of hydrogen-bond acceptors (Lipinski definition) is 4. The van der Waals surface area contributed by atoms with E-state index in [1.54, 1.807) is 25.1 Å². The van der Waals surface area contributed by atoms with Crippen LogP contribution in [-0.4, -0.2) is 23.5 Å². The number of halogens is 2. The molecule has 0 spiro atoms. The van der Waals surface area contributed by atoms with Crippen molar-refractivity contribution in [3.8, 4) is 11.5 Å². The van der Waals surface area contributed by atoms with Gasteiger partial charge in [0.15, 0.2) is 11.5 Å². The van der Waals surface area contributed by atoms with Gasteiger partial charge in [0.05, 0.1) is 16.8 Å². The number of anilines is 1. The average molecular weight is 510 g/mol. The predicted molar refractivity (Wildman–Crippen MR) is 114 cm³/mol. The number of phenolic OH excluding ortho intramolecular Hbond substituents is 1. The fourth-order valence-corrected chi connectivity index (χ4v) is 3.60. The van der Waals surface area contributed by atoms with Crippen molar-refractivity contribution in [3.63, 3.8) is 0 Å². The van der Waals surface area contributed by atoms with Crippen LogP contribution in [0, 0.1) is 0 Å². The van der Waals surface area contributed by atoms with Crippen LogP contribution in [0.5, 0.6) is 11.5 Å². The first-order valence-electron chi connectivity index (χ1n) is 8.67. The van der Waals surface area contributed by atoms with E-state index in [4.69, 9.17) is 4.74 Å². The van der Waals surface area contributed by atoms with Crippen molar-refractivity contribution in [1.29, 1.82) is 0 Å². The van der Waals surface area contributed by atoms with Crippen LogP contribution in [0.3, 0.4) is 0 Å². The van der Waals surface area contributed by atoms with Crippen LogP contribution in [-0.2, 0) is 16.0 Å². The summed E-state index contributed by atoms with van der Waals surface area (Å²) in [5.74, 6) is -0.764. The summed E-state index contributed by atoms with van der Waals surface area (Å²) in [4.78, 5) is 25.2. The topological polar surface area (TPSA) is 78.9 Å². The van der Waals surface area contributed by atoms with Crippen molar-refractivity contribution in [2.75, 3.05) is 11.6 Å². The molecule has 8 heteroatoms. The Labute approximate surface area is 179 Å². The van der Waals surface area contributed by atoms with Crippen LogP contribution >= 0.6 is 31.9 Å². The van der Waals surface area contributed by atoms with E-state index in [0.29, 0.717) is 26.8 Å². The van der Waals surface area contributed by atoms with Crippen molar-refractivity contribution < 1.29 is 19.4 Å². The molecule has 0 atom stereocenters. The number of nitrogens with one attached hydrogen (secondary N) is 1. The van der Waals surface area contributed by atoms with Crippen LogP contribution < -0.4 is 15.2 Å². The number of phenols is 1. The summed E-state index contributed by atoms with van der Waals surface area (Å²) >= 11 is 6.67. The summed E-state index contributed by atoms with van der Waals surface area (Å²) in [7, 11) is 0. The molecule has 1 heterocycles. The fraction of sp³-hybridized carbons (Fsp3) is 0.200. The maximum absolute atomic E-state index is 12.8. The minimum atomic E-state index is -0.501. The Morgan fingerprint density at radius 1 is 1.14 bits per heavy atom. The lowest BCUT2D eigenvalue weighted by molar-refractivity contribution is -0.117. The zero-order valence-corrected chi connectivity index (χ0v) is 18.4. The molecule has 3 rings (SSSR count). The van der Waals surface area contributed by atoms with Gasteiger partial charge in [0.1, 0.15) is 5.57 Å². The molecule has 2 N–H and O–H groups in total. The molecule has 0 saturated carbocycles. The Hall–Kier alpha value is -2.32. The summed E-state index contributed by atoms with van der Waals surface area (Å²) in [6.07, 6.45) is 2.35. The molecule has 0 radical (unpaired) electrons. The van der Waals surface area contributed by atoms with E-state index in [0.717, 1.165) is 12.0 Å². The summed E-state index contributed by atoms with van der Waals surface area (Å²) in [6.45, 7) is 4.20. The number of carbonyl (C=O) groups is 2. The normalized spacial score (nSPS) is 15.3. The maximum atomic E-state index is 12.8. The van der Waals surface area contributed by atoms with Crippen molar-refractivity contribution in [2.24, 2.45) is 0 Å². The van der Waals surface area contributed by atoms with Crippen LogP contribution in [0.2, 0.25) is 0 Å². The van der Waals surface area contributed by atoms with Gasteiger partial charge in [-0.25, -0.2) is 5.01 Å². The minimum absolute atomic E-state index is 0.0136. The molecule has 146 valence electrons. The zero-order chi connectivity index (χ0) is 20.4. The third-order valence-corrected chi connectivity index (χ3v) is 6.43. The third-order valence-electron chi connectivity index (χ3n) is 4.27. The largest absolute Gasteiger partial charge is 0.503 e. The Kier molecular flexibility index (Phi) is 6.10. The Bertz CT molecular complexity index is 971. The van der Waals surface area contributed by atoms with Gasteiger partial charge in [0.25, 0.3) is 11.8 Å². The van der Waals surface area contributed by atoms with Gasteiger partial charge in [-0.2, -0.15) is 0 Å². The average Bonchev–Trinajstić information content (AvgIpc) is 2.98. The monoisotopic (exact) mass is 508 g/mol. The SMILES string of the molecule is CCOc1cc(C=C2C(=O)NN(c3ccc(CC)cc3)C2=O)c(Br)c(Br)c1O. The number of hydrazine groups is 1. The second kappa shape index (κ2) is 8.36. The summed E-state index contributed by atoms with van der Waals surface area (Å²) < 4.78 is 6.30. The lowest BCUT2D eigenvalue weighted by atomic mass is 10.1. The fourth-order valence-electron chi connectivity index (χ4n) is 2.76. The number of ether oxygens (including phenoxy) is 1. The molecule has 1 saturated heterocycles. The lowest BCUT2D eigenvalue weighted by Gasteiger charge is -2.15. The first-order valence-corrected chi connectivity index (χ1v) is 10.3. The molecular formula is C20H18Br2N2O4. The molecule has 2 amide bonds. The Balaban J connectivity index is 1.98. The van der Waals surface area contributed by atoms with E-state index in [2.05, 4.69) is 37.3 Å². The van der Waals surface area contributed by atoms with Gasteiger partial charge in [-0.1, -0.05) is 19.1 Å². The minimum Gasteiger partial charge on any atom is -0.503 e. The second-order valence-corrected chi connectivity index (χ2v) is 7.62. The first-order chi connectivity index (χ1) is 13.4. The molecule has 1 fully saturated rings. The van der Waals surface area contributed by atoms with Crippen LogP contribution in [0.4, 0.5) is 5.69 Å². The number of hydrogen-bond donors (Lipinski definition) is 2. The number of aryl methyl sites for hydroxylation is 1. The molecule has 0 aliphatic carbocycles. The van der Waals surface area contributed by atoms with E-state index in [9.17, 15) is 14.7 Å². The smallest absolute Gasteiger partial charge is 0.282 e. The van der Waals surface area contributed by atoms with Crippen molar-refractivity contribution >= 4 is 55.4 Å². The highest BCUT2D eigenvalue weighted by atomic mass is 79.9. The molecule has 6 nitrogen and oxygen atoms in total. The summed E-state index contributed by atoms with van der Waals surface area (Å²) in [5, 5.41) is 11.4. The van der Waals surface area contributed by atoms with Crippen LogP contribution in [0.1, 0.15) is 25.0 Å². The second-order valence-electron chi connectivity index (χ2n) is 6.03. The molecule has 2 aromatic carbocycles. The third kappa shape index (κ3) is 3.79. The number of nitrogens with zero attached hydrogens (tertiary/aromatic N) is 1. The van der Waals surface area contributed by atoms with Gasteiger partial charge < -0.3 is 9.84 Å². The van der Waals surface area contributed by atoms with Gasteiger partial charge in [0.2, 0.25) is 0 Å². The van der Waals surface area contributed by atoms with Crippen molar-refractivity contribution in [3.05, 3.63) is 56.0 Å². The number of amides is 2. The number of carbonyl (C=O) groups excluding carboxylic acids is 2. The highest BCUT2D eigenvalue weighted by Crippen LogP contribution is 2.42. The van der Waals surface area contributed by atoms with Gasteiger partial charge in [0, 0.05) is 4.47 Å². The van der Waals surface area contributed by atoms with Crippen LogP contribution in [0.15, 0.2) is 44.9 Å². The van der Waals surface area contributed by atoms with E-state index in [1.807, 2.05) is 19.1 Å². The standard InChI is InChI=1S/C20H18Br2N2O4/c1-3-11-5-7-13(8-6-11)24-20(27)14(19(26)23-24)9-12-10-15(28-4-2)18(25)17(22)16(12)21/h5-10,25H,3-4H2,1-2H3,(H,23,26). The number of aromatic hydroxyl groups is 1. The molecule has 2 aromatic rings. The zero-order valence-electron chi connectivity index (χ0n) is 15.3. The molecular weight excluding hydrogens is 492 g/mol. The Morgan fingerprint density at radius 3 is 2.43 bits per heavy atom. The number of benzene rings is 2. The molecule has 28 heavy (non-hydrogen) atoms. The van der Waals surface area contributed by atoms with E-state index in [-0.39, 0.29) is 17.1 Å². The Morgan fingerprint density at radius 2 is 1.82 bits per heavy atom. The summed E-state index contributed by atoms with van der Waals surface area (Å²) in [5.41, 5.74) is 4.81. The maximum Gasteiger partial charge on any atom is 0.282 e. The molecule has 1 aliphatic heterocycles. The first kappa shape index (κ1) is 20.4. The highest BCUT2D eigenvalue weighted by Gasteiger charge is 2.34. The van der Waals surface area contributed by atoms with Gasteiger partial charge in [-0.05, 0) is 80.6 Å². The van der Waals surface area contributed by atoms with Gasteiger partial charge >= 0.3 is 0 Å². The van der Waals surface area contributed by atoms with Gasteiger partial charge in [-0.15, -0.1) is 0 Å².